The monoisotopic (exact) mass is 329 g/mol. The van der Waals surface area contributed by atoms with Crippen LogP contribution in [-0.2, 0) is 14.6 Å². The summed E-state index contributed by atoms with van der Waals surface area (Å²) in [4.78, 5) is 23.3. The number of allylic oxidation sites excluding steroid dienone is 1. The summed E-state index contributed by atoms with van der Waals surface area (Å²) in [6, 6.07) is 4.73. The highest BCUT2D eigenvalue weighted by atomic mass is 35.5. The summed E-state index contributed by atoms with van der Waals surface area (Å²) in [5.74, 6) is -0.606. The quantitative estimate of drug-likeness (QED) is 0.738. The zero-order chi connectivity index (χ0) is 14.5. The molecule has 2 aliphatic rings. The van der Waals surface area contributed by atoms with E-state index in [0.29, 0.717) is 11.1 Å². The van der Waals surface area contributed by atoms with Crippen molar-refractivity contribution in [2.75, 3.05) is 5.75 Å². The van der Waals surface area contributed by atoms with Gasteiger partial charge in [-0.25, -0.2) is 8.42 Å². The standard InChI is InChI=1S/C12H8ClNO4S2/c13-8-3-1-2-7-6(4-5-20(17,18)10(7)8)9-11(15)14-12(16)19-9/h1-3H,4-5H2,(H,14,15,16). The number of carbonyl (C=O) groups excluding carboxylic acids is 2. The van der Waals surface area contributed by atoms with Gasteiger partial charge < -0.3 is 0 Å². The van der Waals surface area contributed by atoms with E-state index in [-0.39, 0.29) is 27.0 Å². The molecule has 104 valence electrons. The van der Waals surface area contributed by atoms with Crippen LogP contribution in [0.3, 0.4) is 0 Å². The molecule has 5 nitrogen and oxygen atoms in total. The molecular formula is C12H8ClNO4S2. The third-order valence-electron chi connectivity index (χ3n) is 3.11. The van der Waals surface area contributed by atoms with Crippen molar-refractivity contribution in [3.63, 3.8) is 0 Å². The lowest BCUT2D eigenvalue weighted by Crippen LogP contribution is -2.21. The van der Waals surface area contributed by atoms with E-state index in [2.05, 4.69) is 5.32 Å². The molecule has 0 atom stereocenters. The third-order valence-corrected chi connectivity index (χ3v) is 6.27. The van der Waals surface area contributed by atoms with Crippen molar-refractivity contribution in [1.82, 2.24) is 5.32 Å². The predicted octanol–water partition coefficient (Wildman–Crippen LogP) is 2.21. The maximum atomic E-state index is 12.1. The zero-order valence-electron chi connectivity index (χ0n) is 9.97. The van der Waals surface area contributed by atoms with E-state index in [1.165, 1.54) is 6.07 Å². The fourth-order valence-corrected chi connectivity index (χ4v) is 5.19. The smallest absolute Gasteiger partial charge is 0.282 e. The number of hydrogen-bond donors (Lipinski definition) is 1. The summed E-state index contributed by atoms with van der Waals surface area (Å²) in [7, 11) is -3.46. The van der Waals surface area contributed by atoms with Crippen molar-refractivity contribution in [2.45, 2.75) is 11.3 Å². The molecule has 1 fully saturated rings. The Bertz CT molecular complexity index is 783. The van der Waals surface area contributed by atoms with Gasteiger partial charge in [0.2, 0.25) is 0 Å². The average Bonchev–Trinajstić information content (AvgIpc) is 2.68. The molecule has 0 bridgehead atoms. The zero-order valence-corrected chi connectivity index (χ0v) is 12.4. The lowest BCUT2D eigenvalue weighted by molar-refractivity contribution is -0.115. The normalized spacial score (nSPS) is 24.4. The van der Waals surface area contributed by atoms with Crippen LogP contribution in [0.15, 0.2) is 28.0 Å². The van der Waals surface area contributed by atoms with Gasteiger partial charge >= 0.3 is 0 Å². The summed E-state index contributed by atoms with van der Waals surface area (Å²) in [5, 5.41) is 1.86. The number of sulfone groups is 1. The number of fused-ring (bicyclic) bond motifs is 1. The molecule has 0 aromatic heterocycles. The molecule has 2 amide bonds. The number of hydrogen-bond acceptors (Lipinski definition) is 5. The lowest BCUT2D eigenvalue weighted by Gasteiger charge is -2.21. The van der Waals surface area contributed by atoms with Crippen molar-refractivity contribution >= 4 is 49.9 Å². The Morgan fingerprint density at radius 3 is 2.65 bits per heavy atom. The molecule has 1 N–H and O–H groups in total. The topological polar surface area (TPSA) is 80.3 Å². The molecule has 1 aromatic carbocycles. The van der Waals surface area contributed by atoms with E-state index < -0.39 is 21.0 Å². The highest BCUT2D eigenvalue weighted by Gasteiger charge is 2.35. The Morgan fingerprint density at radius 2 is 2.00 bits per heavy atom. The number of rotatable bonds is 0. The van der Waals surface area contributed by atoms with E-state index in [1.54, 1.807) is 12.1 Å². The molecule has 2 aliphatic heterocycles. The van der Waals surface area contributed by atoms with Crippen LogP contribution in [0.5, 0.6) is 0 Å². The maximum absolute atomic E-state index is 12.1. The Balaban J connectivity index is 2.29. The third kappa shape index (κ3) is 2.06. The highest BCUT2D eigenvalue weighted by molar-refractivity contribution is 8.18. The van der Waals surface area contributed by atoms with Gasteiger partial charge in [0, 0.05) is 0 Å². The van der Waals surface area contributed by atoms with Crippen molar-refractivity contribution in [1.29, 1.82) is 0 Å². The second kappa shape index (κ2) is 4.61. The van der Waals surface area contributed by atoms with Crippen LogP contribution in [0.2, 0.25) is 5.02 Å². The van der Waals surface area contributed by atoms with Gasteiger partial charge in [-0.15, -0.1) is 0 Å². The molecule has 0 aliphatic carbocycles. The van der Waals surface area contributed by atoms with Gasteiger partial charge in [0.15, 0.2) is 9.84 Å². The molecule has 0 unspecified atom stereocenters. The second-order valence-corrected chi connectivity index (χ2v) is 7.77. The number of carbonyl (C=O) groups is 2. The summed E-state index contributed by atoms with van der Waals surface area (Å²) < 4.78 is 24.2. The predicted molar refractivity (Wildman–Crippen MR) is 76.2 cm³/mol. The molecule has 2 heterocycles. The van der Waals surface area contributed by atoms with Crippen LogP contribution in [-0.4, -0.2) is 25.3 Å². The highest BCUT2D eigenvalue weighted by Crippen LogP contribution is 2.42. The van der Waals surface area contributed by atoms with Crippen molar-refractivity contribution in [3.8, 4) is 0 Å². The van der Waals surface area contributed by atoms with Crippen LogP contribution in [0, 0.1) is 0 Å². The Labute approximate surface area is 124 Å². The van der Waals surface area contributed by atoms with Gasteiger partial charge in [-0.3, -0.25) is 14.9 Å². The average molecular weight is 330 g/mol. The van der Waals surface area contributed by atoms with E-state index in [0.717, 1.165) is 11.8 Å². The number of halogens is 1. The van der Waals surface area contributed by atoms with Gasteiger partial charge in [0.1, 0.15) is 0 Å². The fourth-order valence-electron chi connectivity index (χ4n) is 2.28. The maximum Gasteiger partial charge on any atom is 0.290 e. The SMILES string of the molecule is O=C1NC(=O)C(=C2CCS(=O)(=O)c3c(Cl)cccc32)S1. The minimum absolute atomic E-state index is 0.0446. The Morgan fingerprint density at radius 1 is 1.25 bits per heavy atom. The van der Waals surface area contributed by atoms with Crippen molar-refractivity contribution in [3.05, 3.63) is 33.7 Å². The number of imide groups is 1. The van der Waals surface area contributed by atoms with Gasteiger partial charge in [-0.05, 0) is 35.4 Å². The van der Waals surface area contributed by atoms with Crippen LogP contribution in [0.1, 0.15) is 12.0 Å². The molecule has 0 spiro atoms. The molecular weight excluding hydrogens is 322 g/mol. The second-order valence-electron chi connectivity index (χ2n) is 4.34. The first-order valence-corrected chi connectivity index (χ1v) is 8.53. The van der Waals surface area contributed by atoms with E-state index in [9.17, 15) is 18.0 Å². The number of nitrogens with one attached hydrogen (secondary N) is 1. The van der Waals surface area contributed by atoms with Crippen LogP contribution in [0.25, 0.3) is 5.57 Å². The lowest BCUT2D eigenvalue weighted by atomic mass is 10.0. The largest absolute Gasteiger partial charge is 0.290 e. The molecule has 0 radical (unpaired) electrons. The minimum Gasteiger partial charge on any atom is -0.282 e. The van der Waals surface area contributed by atoms with Crippen LogP contribution in [0.4, 0.5) is 4.79 Å². The van der Waals surface area contributed by atoms with E-state index >= 15 is 0 Å². The summed E-state index contributed by atoms with van der Waals surface area (Å²) in [6.45, 7) is 0. The van der Waals surface area contributed by atoms with Crippen LogP contribution >= 0.6 is 23.4 Å². The van der Waals surface area contributed by atoms with Gasteiger partial charge in [-0.2, -0.15) is 0 Å². The number of benzene rings is 1. The first-order chi connectivity index (χ1) is 9.40. The minimum atomic E-state index is -3.46. The van der Waals surface area contributed by atoms with E-state index in [4.69, 9.17) is 11.6 Å². The van der Waals surface area contributed by atoms with Crippen molar-refractivity contribution in [2.24, 2.45) is 0 Å². The van der Waals surface area contributed by atoms with Gasteiger partial charge in [0.25, 0.3) is 11.1 Å². The Hall–Kier alpha value is -1.31. The molecule has 1 saturated heterocycles. The molecule has 20 heavy (non-hydrogen) atoms. The Kier molecular flexibility index (Phi) is 3.15. The van der Waals surface area contributed by atoms with Crippen molar-refractivity contribution < 1.29 is 18.0 Å². The summed E-state index contributed by atoms with van der Waals surface area (Å²) >= 11 is 6.78. The fraction of sp³-hybridized carbons (Fsp3) is 0.167. The van der Waals surface area contributed by atoms with Crippen LogP contribution < -0.4 is 5.32 Å². The summed E-state index contributed by atoms with van der Waals surface area (Å²) in [6.07, 6.45) is 0.193. The summed E-state index contributed by atoms with van der Waals surface area (Å²) in [5.41, 5.74) is 0.974. The molecule has 1 aromatic rings. The molecule has 0 saturated carbocycles. The van der Waals surface area contributed by atoms with Gasteiger partial charge in [0.05, 0.1) is 20.6 Å². The molecule has 3 rings (SSSR count). The van der Waals surface area contributed by atoms with E-state index in [1.807, 2.05) is 0 Å². The molecule has 8 heteroatoms. The number of amides is 2. The number of thioether (sulfide) groups is 1. The van der Waals surface area contributed by atoms with Gasteiger partial charge in [-0.1, -0.05) is 23.7 Å². The first-order valence-electron chi connectivity index (χ1n) is 5.68. The first kappa shape index (κ1) is 13.7.